The maximum atomic E-state index is 12.4. The van der Waals surface area contributed by atoms with Crippen molar-refractivity contribution in [2.45, 2.75) is 13.1 Å². The summed E-state index contributed by atoms with van der Waals surface area (Å²) in [5, 5.41) is 2.64. The third-order valence-electron chi connectivity index (χ3n) is 3.61. The van der Waals surface area contributed by atoms with Crippen LogP contribution in [0.1, 0.15) is 11.3 Å². The number of hydrogen-bond donors (Lipinski definition) is 1. The van der Waals surface area contributed by atoms with Crippen LogP contribution in [0, 0.1) is 0 Å². The second-order valence-electron chi connectivity index (χ2n) is 5.36. The lowest BCUT2D eigenvalue weighted by Crippen LogP contribution is -2.41. The summed E-state index contributed by atoms with van der Waals surface area (Å²) in [4.78, 5) is 31.3. The highest BCUT2D eigenvalue weighted by atomic mass is 16.3. The average Bonchev–Trinajstić information content (AvgIpc) is 3.19. The van der Waals surface area contributed by atoms with Crippen LogP contribution in [0.4, 0.5) is 4.79 Å². The van der Waals surface area contributed by atoms with Gasteiger partial charge in [-0.2, -0.15) is 0 Å². The minimum atomic E-state index is -0.325. The zero-order valence-electron chi connectivity index (χ0n) is 12.6. The van der Waals surface area contributed by atoms with Crippen LogP contribution in [0.25, 0.3) is 0 Å². The quantitative estimate of drug-likeness (QED) is 0.867. The predicted molar refractivity (Wildman–Crippen MR) is 82.2 cm³/mol. The van der Waals surface area contributed by atoms with Crippen molar-refractivity contribution in [1.82, 2.24) is 20.1 Å². The minimum Gasteiger partial charge on any atom is -0.468 e. The third kappa shape index (κ3) is 3.95. The first kappa shape index (κ1) is 15.2. The Bertz CT molecular complexity index is 657. The number of amides is 3. The molecule has 2 aromatic rings. The van der Waals surface area contributed by atoms with Crippen molar-refractivity contribution in [3.63, 3.8) is 0 Å². The van der Waals surface area contributed by atoms with Crippen LogP contribution in [0.15, 0.2) is 47.3 Å². The van der Waals surface area contributed by atoms with Gasteiger partial charge in [-0.05, 0) is 23.8 Å². The van der Waals surface area contributed by atoms with E-state index < -0.39 is 0 Å². The molecule has 3 rings (SSSR count). The van der Waals surface area contributed by atoms with Gasteiger partial charge >= 0.3 is 6.03 Å². The van der Waals surface area contributed by atoms with E-state index in [1.807, 2.05) is 29.2 Å². The third-order valence-corrected chi connectivity index (χ3v) is 3.61. The fraction of sp³-hybridized carbons (Fsp3) is 0.312. The predicted octanol–water partition coefficient (Wildman–Crippen LogP) is 1.23. The molecule has 7 nitrogen and oxygen atoms in total. The summed E-state index contributed by atoms with van der Waals surface area (Å²) in [7, 11) is 0. The van der Waals surface area contributed by atoms with Gasteiger partial charge in [-0.15, -0.1) is 0 Å². The fourth-order valence-corrected chi connectivity index (χ4v) is 2.53. The van der Waals surface area contributed by atoms with Crippen LogP contribution in [-0.2, 0) is 17.9 Å². The molecule has 120 valence electrons. The zero-order valence-corrected chi connectivity index (χ0v) is 12.6. The largest absolute Gasteiger partial charge is 0.468 e. The average molecular weight is 314 g/mol. The lowest BCUT2D eigenvalue weighted by molar-refractivity contribution is -0.129. The minimum absolute atomic E-state index is 0.142. The highest BCUT2D eigenvalue weighted by molar-refractivity contribution is 5.96. The van der Waals surface area contributed by atoms with Gasteiger partial charge in [0.25, 0.3) is 0 Å². The van der Waals surface area contributed by atoms with E-state index in [4.69, 9.17) is 4.42 Å². The van der Waals surface area contributed by atoms with Gasteiger partial charge in [0.1, 0.15) is 5.76 Å². The first-order chi connectivity index (χ1) is 11.2. The second-order valence-corrected chi connectivity index (χ2v) is 5.36. The van der Waals surface area contributed by atoms with Crippen molar-refractivity contribution < 1.29 is 14.0 Å². The number of furan rings is 1. The van der Waals surface area contributed by atoms with Crippen LogP contribution >= 0.6 is 0 Å². The van der Waals surface area contributed by atoms with E-state index in [1.54, 1.807) is 18.7 Å². The number of nitrogens with one attached hydrogen (secondary N) is 1. The van der Waals surface area contributed by atoms with E-state index in [0.717, 1.165) is 11.3 Å². The Morgan fingerprint density at radius 2 is 2.26 bits per heavy atom. The van der Waals surface area contributed by atoms with Crippen LogP contribution in [0.3, 0.4) is 0 Å². The number of rotatable bonds is 6. The number of hydrogen-bond acceptors (Lipinski definition) is 5. The van der Waals surface area contributed by atoms with Crippen molar-refractivity contribution in [2.24, 2.45) is 0 Å². The first-order valence-electron chi connectivity index (χ1n) is 7.44. The standard InChI is InChI=1S/C16H18N4O3/c21-15(20-7-6-18-16(20)22)12-19(11-14-4-2-8-23-14)10-13-3-1-5-17-9-13/h1-5,8-9H,6-7,10-12H2,(H,18,22). The van der Waals surface area contributed by atoms with Gasteiger partial charge in [0.2, 0.25) is 5.91 Å². The van der Waals surface area contributed by atoms with Crippen molar-refractivity contribution in [3.05, 3.63) is 54.2 Å². The van der Waals surface area contributed by atoms with Crippen molar-refractivity contribution in [3.8, 4) is 0 Å². The highest BCUT2D eigenvalue weighted by Gasteiger charge is 2.27. The number of pyridine rings is 1. The molecule has 1 N–H and O–H groups in total. The summed E-state index contributed by atoms with van der Waals surface area (Å²) in [5.41, 5.74) is 0.998. The maximum Gasteiger partial charge on any atom is 0.324 e. The Morgan fingerprint density at radius 1 is 1.35 bits per heavy atom. The van der Waals surface area contributed by atoms with Crippen molar-refractivity contribution in [2.75, 3.05) is 19.6 Å². The summed E-state index contributed by atoms with van der Waals surface area (Å²) >= 11 is 0. The van der Waals surface area contributed by atoms with Gasteiger partial charge in [0, 0.05) is 32.0 Å². The van der Waals surface area contributed by atoms with Crippen molar-refractivity contribution in [1.29, 1.82) is 0 Å². The molecule has 3 heterocycles. The van der Waals surface area contributed by atoms with E-state index in [-0.39, 0.29) is 18.5 Å². The van der Waals surface area contributed by atoms with E-state index in [1.165, 1.54) is 4.90 Å². The number of carbonyl (C=O) groups excluding carboxylic acids is 2. The van der Waals surface area contributed by atoms with Crippen LogP contribution in [0.5, 0.6) is 0 Å². The SMILES string of the molecule is O=C(CN(Cc1cccnc1)Cc1ccco1)N1CCNC1=O. The number of carbonyl (C=O) groups is 2. The number of urea groups is 1. The monoisotopic (exact) mass is 314 g/mol. The Hall–Kier alpha value is -2.67. The molecule has 23 heavy (non-hydrogen) atoms. The zero-order chi connectivity index (χ0) is 16.1. The fourth-order valence-electron chi connectivity index (χ4n) is 2.53. The molecule has 1 aliphatic heterocycles. The van der Waals surface area contributed by atoms with Gasteiger partial charge in [-0.25, -0.2) is 4.79 Å². The second kappa shape index (κ2) is 7.06. The van der Waals surface area contributed by atoms with E-state index in [2.05, 4.69) is 10.3 Å². The van der Waals surface area contributed by atoms with Gasteiger partial charge in [-0.1, -0.05) is 6.07 Å². The molecule has 3 amide bonds. The van der Waals surface area contributed by atoms with E-state index >= 15 is 0 Å². The van der Waals surface area contributed by atoms with Gasteiger partial charge < -0.3 is 9.73 Å². The molecule has 0 aliphatic carbocycles. The van der Waals surface area contributed by atoms with Gasteiger partial charge in [0.15, 0.2) is 0 Å². The lowest BCUT2D eigenvalue weighted by Gasteiger charge is -2.22. The molecule has 0 spiro atoms. The molecule has 0 atom stereocenters. The lowest BCUT2D eigenvalue weighted by atomic mass is 10.2. The molecule has 0 saturated carbocycles. The molecule has 0 radical (unpaired) electrons. The van der Waals surface area contributed by atoms with Crippen molar-refractivity contribution >= 4 is 11.9 Å². The summed E-state index contributed by atoms with van der Waals surface area (Å²) in [5.74, 6) is 0.558. The molecule has 1 aliphatic rings. The van der Waals surface area contributed by atoms with E-state index in [9.17, 15) is 9.59 Å². The molecular formula is C16H18N4O3. The number of nitrogens with zero attached hydrogens (tertiary/aromatic N) is 3. The number of imide groups is 1. The first-order valence-corrected chi connectivity index (χ1v) is 7.44. The Kier molecular flexibility index (Phi) is 4.68. The van der Waals surface area contributed by atoms with Crippen LogP contribution in [-0.4, -0.2) is 46.4 Å². The molecule has 0 unspecified atom stereocenters. The molecule has 1 saturated heterocycles. The smallest absolute Gasteiger partial charge is 0.324 e. The summed E-state index contributed by atoms with van der Waals surface area (Å²) in [6, 6.07) is 7.16. The normalized spacial score (nSPS) is 14.3. The molecule has 1 fully saturated rings. The topological polar surface area (TPSA) is 78.7 Å². The van der Waals surface area contributed by atoms with Gasteiger partial charge in [0.05, 0.1) is 19.4 Å². The summed E-state index contributed by atoms with van der Waals surface area (Å²) in [6.45, 7) is 2.10. The number of aromatic nitrogens is 1. The Morgan fingerprint density at radius 3 is 2.91 bits per heavy atom. The molecule has 7 heteroatoms. The molecule has 2 aromatic heterocycles. The Balaban J connectivity index is 1.69. The van der Waals surface area contributed by atoms with Crippen LogP contribution < -0.4 is 5.32 Å². The molecule has 0 aromatic carbocycles. The van der Waals surface area contributed by atoms with E-state index in [0.29, 0.717) is 26.2 Å². The molecule has 0 bridgehead atoms. The Labute approximate surface area is 133 Å². The van der Waals surface area contributed by atoms with Gasteiger partial charge in [-0.3, -0.25) is 19.6 Å². The van der Waals surface area contributed by atoms with Crippen LogP contribution in [0.2, 0.25) is 0 Å². The molecular weight excluding hydrogens is 296 g/mol. The summed E-state index contributed by atoms with van der Waals surface area (Å²) in [6.07, 6.45) is 5.08. The summed E-state index contributed by atoms with van der Waals surface area (Å²) < 4.78 is 5.37. The maximum absolute atomic E-state index is 12.4. The highest BCUT2D eigenvalue weighted by Crippen LogP contribution is 2.11.